The third kappa shape index (κ3) is 4.51. The molecule has 29 heavy (non-hydrogen) atoms. The maximum absolute atomic E-state index is 12.9. The third-order valence-electron chi connectivity index (χ3n) is 4.88. The van der Waals surface area contributed by atoms with Gasteiger partial charge in [-0.25, -0.2) is 0 Å². The number of amides is 1. The number of hydrogen-bond donors (Lipinski definition) is 1. The number of tetrazole rings is 1. The van der Waals surface area contributed by atoms with Crippen LogP contribution in [0.3, 0.4) is 0 Å². The highest BCUT2D eigenvalue weighted by molar-refractivity contribution is 5.97. The van der Waals surface area contributed by atoms with Gasteiger partial charge in [-0.2, -0.15) is 4.68 Å². The van der Waals surface area contributed by atoms with Crippen LogP contribution in [0.4, 0.5) is 0 Å². The van der Waals surface area contributed by atoms with E-state index in [2.05, 4.69) is 52.0 Å². The first-order valence-electron chi connectivity index (χ1n) is 9.73. The Bertz CT molecular complexity index is 995. The predicted octanol–water partition coefficient (Wildman–Crippen LogP) is 3.27. The molecule has 0 spiro atoms. The summed E-state index contributed by atoms with van der Waals surface area (Å²) in [6.07, 6.45) is 0.688. The second-order valence-electron chi connectivity index (χ2n) is 7.22. The first-order valence-corrected chi connectivity index (χ1v) is 9.73. The molecule has 1 aromatic heterocycles. The Morgan fingerprint density at radius 3 is 2.59 bits per heavy atom. The van der Waals surface area contributed by atoms with Crippen molar-refractivity contribution in [2.24, 2.45) is 0 Å². The van der Waals surface area contributed by atoms with E-state index in [4.69, 9.17) is 4.74 Å². The maximum atomic E-state index is 12.9. The molecule has 0 bridgehead atoms. The van der Waals surface area contributed by atoms with E-state index in [-0.39, 0.29) is 11.9 Å². The number of carbonyl (C=O) groups excluding carboxylic acids is 1. The summed E-state index contributed by atoms with van der Waals surface area (Å²) >= 11 is 0. The summed E-state index contributed by atoms with van der Waals surface area (Å²) in [6.45, 7) is 8.44. The number of methoxy groups -OCH3 is 1. The third-order valence-corrected chi connectivity index (χ3v) is 4.88. The topological polar surface area (TPSA) is 81.9 Å². The highest BCUT2D eigenvalue weighted by Crippen LogP contribution is 2.30. The molecule has 0 aliphatic rings. The first kappa shape index (κ1) is 20.7. The van der Waals surface area contributed by atoms with Crippen molar-refractivity contribution in [1.82, 2.24) is 25.5 Å². The minimum Gasteiger partial charge on any atom is -0.383 e. The van der Waals surface area contributed by atoms with Crippen molar-refractivity contribution in [3.05, 3.63) is 58.9 Å². The van der Waals surface area contributed by atoms with Crippen molar-refractivity contribution in [3.8, 4) is 16.8 Å². The molecule has 152 valence electrons. The van der Waals surface area contributed by atoms with E-state index in [1.54, 1.807) is 11.8 Å². The molecule has 1 unspecified atom stereocenters. The SMILES string of the molecule is CCc1nnnn1-c1cc(C(=O)NC(C)COC)cc(-c2ccc(C)cc2)c1C. The van der Waals surface area contributed by atoms with Crippen LogP contribution in [-0.2, 0) is 11.2 Å². The van der Waals surface area contributed by atoms with E-state index in [0.717, 1.165) is 28.2 Å². The summed E-state index contributed by atoms with van der Waals surface area (Å²) in [5.41, 5.74) is 5.57. The first-order chi connectivity index (χ1) is 13.9. The van der Waals surface area contributed by atoms with Gasteiger partial charge in [0.15, 0.2) is 5.82 Å². The van der Waals surface area contributed by atoms with E-state index >= 15 is 0 Å². The molecule has 0 fully saturated rings. The molecule has 1 atom stereocenters. The van der Waals surface area contributed by atoms with Crippen LogP contribution in [-0.4, -0.2) is 45.9 Å². The molecule has 0 aliphatic carbocycles. The fraction of sp³-hybridized carbons (Fsp3) is 0.364. The van der Waals surface area contributed by atoms with E-state index < -0.39 is 0 Å². The van der Waals surface area contributed by atoms with Crippen LogP contribution in [0.1, 0.15) is 41.2 Å². The lowest BCUT2D eigenvalue weighted by molar-refractivity contribution is 0.0905. The Morgan fingerprint density at radius 2 is 1.93 bits per heavy atom. The van der Waals surface area contributed by atoms with Crippen LogP contribution in [0.15, 0.2) is 36.4 Å². The number of nitrogens with one attached hydrogen (secondary N) is 1. The summed E-state index contributed by atoms with van der Waals surface area (Å²) < 4.78 is 6.84. The quantitative estimate of drug-likeness (QED) is 0.666. The second-order valence-corrected chi connectivity index (χ2v) is 7.22. The molecule has 7 nitrogen and oxygen atoms in total. The molecule has 1 N–H and O–H groups in total. The van der Waals surface area contributed by atoms with Gasteiger partial charge >= 0.3 is 0 Å². The molecule has 3 rings (SSSR count). The highest BCUT2D eigenvalue weighted by Gasteiger charge is 2.18. The zero-order valence-corrected chi connectivity index (χ0v) is 17.6. The van der Waals surface area contributed by atoms with Crippen molar-refractivity contribution in [2.45, 2.75) is 40.2 Å². The maximum Gasteiger partial charge on any atom is 0.251 e. The van der Waals surface area contributed by atoms with Gasteiger partial charge in [0.05, 0.1) is 12.3 Å². The summed E-state index contributed by atoms with van der Waals surface area (Å²) in [5.74, 6) is 0.587. The van der Waals surface area contributed by atoms with Gasteiger partial charge in [-0.3, -0.25) is 4.79 Å². The highest BCUT2D eigenvalue weighted by atomic mass is 16.5. The van der Waals surface area contributed by atoms with Gasteiger partial charge in [0.25, 0.3) is 5.91 Å². The van der Waals surface area contributed by atoms with Crippen LogP contribution in [0.5, 0.6) is 0 Å². The number of hydrogen-bond acceptors (Lipinski definition) is 5. The lowest BCUT2D eigenvalue weighted by Gasteiger charge is -2.17. The number of aryl methyl sites for hydroxylation is 2. The van der Waals surface area contributed by atoms with Crippen LogP contribution in [0, 0.1) is 13.8 Å². The summed E-state index contributed by atoms with van der Waals surface area (Å²) in [4.78, 5) is 12.9. The van der Waals surface area contributed by atoms with Crippen molar-refractivity contribution in [3.63, 3.8) is 0 Å². The van der Waals surface area contributed by atoms with Gasteiger partial charge < -0.3 is 10.1 Å². The largest absolute Gasteiger partial charge is 0.383 e. The van der Waals surface area contributed by atoms with E-state index in [1.807, 2.05) is 32.9 Å². The zero-order valence-electron chi connectivity index (χ0n) is 17.6. The molecule has 3 aromatic rings. The molecule has 1 heterocycles. The molecule has 0 saturated carbocycles. The smallest absolute Gasteiger partial charge is 0.251 e. The summed E-state index contributed by atoms with van der Waals surface area (Å²) in [6, 6.07) is 11.9. The van der Waals surface area contributed by atoms with Gasteiger partial charge in [-0.05, 0) is 60.0 Å². The molecule has 7 heteroatoms. The number of aromatic nitrogens is 4. The molecule has 2 aromatic carbocycles. The minimum absolute atomic E-state index is 0.0979. The Morgan fingerprint density at radius 1 is 1.21 bits per heavy atom. The average Bonchev–Trinajstić information content (AvgIpc) is 3.17. The van der Waals surface area contributed by atoms with Crippen molar-refractivity contribution < 1.29 is 9.53 Å². The standard InChI is InChI=1S/C22H27N5O2/c1-6-21-24-25-26-27(21)20-12-18(22(28)23-15(3)13-29-5)11-19(16(20)4)17-9-7-14(2)8-10-17/h7-12,15H,6,13H2,1-5H3,(H,23,28). The second kappa shape index (κ2) is 8.96. The van der Waals surface area contributed by atoms with Crippen molar-refractivity contribution >= 4 is 5.91 Å². The lowest BCUT2D eigenvalue weighted by atomic mass is 9.95. The monoisotopic (exact) mass is 393 g/mol. The number of rotatable bonds is 7. The number of ether oxygens (including phenoxy) is 1. The number of carbonyl (C=O) groups is 1. The Balaban J connectivity index is 2.14. The normalized spacial score (nSPS) is 12.0. The molecule has 0 radical (unpaired) electrons. The predicted molar refractivity (Wildman–Crippen MR) is 112 cm³/mol. The average molecular weight is 393 g/mol. The number of benzene rings is 2. The van der Waals surface area contributed by atoms with Crippen LogP contribution >= 0.6 is 0 Å². The van der Waals surface area contributed by atoms with Crippen LogP contribution in [0.2, 0.25) is 0 Å². The van der Waals surface area contributed by atoms with E-state index in [9.17, 15) is 4.79 Å². The van der Waals surface area contributed by atoms with Gasteiger partial charge in [-0.1, -0.05) is 36.8 Å². The molecule has 1 amide bonds. The van der Waals surface area contributed by atoms with Gasteiger partial charge in [0.1, 0.15) is 0 Å². The molecular weight excluding hydrogens is 366 g/mol. The lowest BCUT2D eigenvalue weighted by Crippen LogP contribution is -2.35. The fourth-order valence-electron chi connectivity index (χ4n) is 3.30. The minimum atomic E-state index is -0.157. The Labute approximate surface area is 171 Å². The van der Waals surface area contributed by atoms with Gasteiger partial charge in [0.2, 0.25) is 0 Å². The van der Waals surface area contributed by atoms with Gasteiger partial charge in [-0.15, -0.1) is 5.10 Å². The van der Waals surface area contributed by atoms with E-state index in [1.165, 1.54) is 5.56 Å². The Hall–Kier alpha value is -3.06. The summed E-state index contributed by atoms with van der Waals surface area (Å²) in [7, 11) is 1.62. The van der Waals surface area contributed by atoms with Gasteiger partial charge in [0, 0.05) is 25.1 Å². The molecule has 0 saturated heterocycles. The van der Waals surface area contributed by atoms with E-state index in [0.29, 0.717) is 18.6 Å². The molecular formula is C22H27N5O2. The zero-order chi connectivity index (χ0) is 21.0. The number of nitrogens with zero attached hydrogens (tertiary/aromatic N) is 4. The van der Waals surface area contributed by atoms with Crippen LogP contribution < -0.4 is 5.32 Å². The Kier molecular flexibility index (Phi) is 6.39. The summed E-state index contributed by atoms with van der Waals surface area (Å²) in [5, 5.41) is 15.1. The fourth-order valence-corrected chi connectivity index (χ4v) is 3.30. The van der Waals surface area contributed by atoms with Crippen molar-refractivity contribution in [2.75, 3.05) is 13.7 Å². The van der Waals surface area contributed by atoms with Crippen molar-refractivity contribution in [1.29, 1.82) is 0 Å². The van der Waals surface area contributed by atoms with Crippen LogP contribution in [0.25, 0.3) is 16.8 Å². The molecule has 0 aliphatic heterocycles.